The maximum Gasteiger partial charge on any atom is 0.278 e. The molecule has 29 heavy (non-hydrogen) atoms. The molecule has 0 radical (unpaired) electrons. The molecule has 0 aliphatic carbocycles. The number of fused-ring (bicyclic) bond motifs is 1. The van der Waals surface area contributed by atoms with Crippen molar-refractivity contribution in [3.05, 3.63) is 94.7 Å². The minimum atomic E-state index is -0.421. The van der Waals surface area contributed by atoms with Gasteiger partial charge in [-0.15, -0.1) is 0 Å². The summed E-state index contributed by atoms with van der Waals surface area (Å²) in [5.74, 6) is 0.528. The highest BCUT2D eigenvalue weighted by Gasteiger charge is 2.14. The van der Waals surface area contributed by atoms with E-state index in [0.29, 0.717) is 28.9 Å². The molecule has 0 aliphatic heterocycles. The molecule has 0 saturated carbocycles. The predicted octanol–water partition coefficient (Wildman–Crippen LogP) is 5.08. The first-order chi connectivity index (χ1) is 14.1. The van der Waals surface area contributed by atoms with Gasteiger partial charge in [-0.1, -0.05) is 0 Å². The molecule has 0 amide bonds. The van der Waals surface area contributed by atoms with Crippen LogP contribution < -0.4 is 10.1 Å². The molecule has 0 saturated heterocycles. The van der Waals surface area contributed by atoms with Crippen molar-refractivity contribution in [3.63, 3.8) is 0 Å². The molecule has 0 spiro atoms. The summed E-state index contributed by atoms with van der Waals surface area (Å²) in [5.41, 5.74) is 1.67. The van der Waals surface area contributed by atoms with Crippen LogP contribution in [0.2, 0.25) is 0 Å². The number of hydrogen-bond acceptors (Lipinski definition) is 6. The Morgan fingerprint density at radius 3 is 2.66 bits per heavy atom. The van der Waals surface area contributed by atoms with Gasteiger partial charge in [0.15, 0.2) is 0 Å². The maximum atomic E-state index is 13.0. The lowest BCUT2D eigenvalue weighted by atomic mass is 10.1. The fourth-order valence-electron chi connectivity index (χ4n) is 2.93. The van der Waals surface area contributed by atoms with Crippen LogP contribution in [0.4, 0.5) is 15.8 Å². The number of non-ortho nitro benzene ring substituents is 1. The van der Waals surface area contributed by atoms with Crippen LogP contribution >= 0.6 is 0 Å². The van der Waals surface area contributed by atoms with Gasteiger partial charge < -0.3 is 10.1 Å². The van der Waals surface area contributed by atoms with E-state index in [1.165, 1.54) is 36.5 Å². The van der Waals surface area contributed by atoms with Crippen molar-refractivity contribution in [3.8, 4) is 11.6 Å². The molecule has 0 atom stereocenters. The molecule has 4 aromatic rings. The van der Waals surface area contributed by atoms with E-state index in [4.69, 9.17) is 4.74 Å². The van der Waals surface area contributed by atoms with Gasteiger partial charge in [0, 0.05) is 48.3 Å². The van der Waals surface area contributed by atoms with E-state index in [1.807, 2.05) is 6.07 Å². The lowest BCUT2D eigenvalue weighted by Gasteiger charge is -2.11. The second-order valence-corrected chi connectivity index (χ2v) is 6.22. The first-order valence-corrected chi connectivity index (χ1v) is 8.73. The first-order valence-electron chi connectivity index (χ1n) is 8.73. The van der Waals surface area contributed by atoms with Crippen LogP contribution in [0.3, 0.4) is 0 Å². The standard InChI is InChI=1S/C21H15FN4O3/c22-15-1-3-16(4-2-15)29-21-11-14(7-10-24-21)12-25-19-5-6-20(26(27)28)18-13-23-9-8-17(18)19/h1-11,13,25H,12H2. The predicted molar refractivity (Wildman–Crippen MR) is 106 cm³/mol. The number of nitro groups is 1. The highest BCUT2D eigenvalue weighted by molar-refractivity contribution is 5.99. The lowest BCUT2D eigenvalue weighted by Crippen LogP contribution is -2.02. The minimum Gasteiger partial charge on any atom is -0.439 e. The number of hydrogen-bond donors (Lipinski definition) is 1. The zero-order valence-corrected chi connectivity index (χ0v) is 15.1. The zero-order chi connectivity index (χ0) is 20.2. The average molecular weight is 390 g/mol. The van der Waals surface area contributed by atoms with Crippen molar-refractivity contribution in [2.24, 2.45) is 0 Å². The fourth-order valence-corrected chi connectivity index (χ4v) is 2.93. The number of halogens is 1. The van der Waals surface area contributed by atoms with Crippen molar-refractivity contribution in [2.45, 2.75) is 6.54 Å². The largest absolute Gasteiger partial charge is 0.439 e. The van der Waals surface area contributed by atoms with Crippen LogP contribution in [0, 0.1) is 15.9 Å². The first kappa shape index (κ1) is 18.3. The third kappa shape index (κ3) is 4.11. The Hall–Kier alpha value is -4.07. The Balaban J connectivity index is 1.53. The van der Waals surface area contributed by atoms with E-state index < -0.39 is 4.92 Å². The molecular weight excluding hydrogens is 375 g/mol. The summed E-state index contributed by atoms with van der Waals surface area (Å²) < 4.78 is 18.7. The van der Waals surface area contributed by atoms with Gasteiger partial charge in [0.05, 0.1) is 10.3 Å². The van der Waals surface area contributed by atoms with E-state index in [1.54, 1.807) is 30.6 Å². The minimum absolute atomic E-state index is 0.0116. The van der Waals surface area contributed by atoms with E-state index in [0.717, 1.165) is 11.3 Å². The van der Waals surface area contributed by atoms with Gasteiger partial charge in [0.1, 0.15) is 11.6 Å². The molecule has 4 rings (SSSR count). The molecule has 1 N–H and O–H groups in total. The van der Waals surface area contributed by atoms with Crippen molar-refractivity contribution >= 4 is 22.1 Å². The van der Waals surface area contributed by atoms with E-state index >= 15 is 0 Å². The van der Waals surface area contributed by atoms with Gasteiger partial charge in [-0.25, -0.2) is 9.37 Å². The Kier molecular flexibility index (Phi) is 4.98. The Labute approximate surface area is 165 Å². The van der Waals surface area contributed by atoms with Crippen LogP contribution in [0.1, 0.15) is 5.56 Å². The molecule has 7 nitrogen and oxygen atoms in total. The second-order valence-electron chi connectivity index (χ2n) is 6.22. The summed E-state index contributed by atoms with van der Waals surface area (Å²) in [6.07, 6.45) is 4.70. The molecule has 2 aromatic heterocycles. The molecule has 2 heterocycles. The molecule has 8 heteroatoms. The van der Waals surface area contributed by atoms with E-state index in [-0.39, 0.29) is 11.5 Å². The monoisotopic (exact) mass is 390 g/mol. The Morgan fingerprint density at radius 2 is 1.86 bits per heavy atom. The molecule has 0 fully saturated rings. The normalized spacial score (nSPS) is 10.7. The summed E-state index contributed by atoms with van der Waals surface area (Å²) in [4.78, 5) is 19.0. The van der Waals surface area contributed by atoms with E-state index in [2.05, 4.69) is 15.3 Å². The summed E-state index contributed by atoms with van der Waals surface area (Å²) in [6, 6.07) is 14.2. The number of nitrogens with zero attached hydrogens (tertiary/aromatic N) is 3. The quantitative estimate of drug-likeness (QED) is 0.365. The SMILES string of the molecule is O=[N+]([O-])c1ccc(NCc2ccnc(Oc3ccc(F)cc3)c2)c2ccncc12. The fraction of sp³-hybridized carbons (Fsp3) is 0.0476. The maximum absolute atomic E-state index is 13.0. The molecule has 2 aromatic carbocycles. The van der Waals surface area contributed by atoms with Gasteiger partial charge in [-0.3, -0.25) is 15.1 Å². The van der Waals surface area contributed by atoms with Crippen molar-refractivity contribution in [2.75, 3.05) is 5.32 Å². The van der Waals surface area contributed by atoms with Gasteiger partial charge >= 0.3 is 0 Å². The van der Waals surface area contributed by atoms with Crippen LogP contribution in [0.5, 0.6) is 11.6 Å². The second kappa shape index (κ2) is 7.89. The van der Waals surface area contributed by atoms with E-state index in [9.17, 15) is 14.5 Å². The van der Waals surface area contributed by atoms with Gasteiger partial charge in [-0.2, -0.15) is 0 Å². The van der Waals surface area contributed by atoms with Gasteiger partial charge in [0.25, 0.3) is 5.69 Å². The third-order valence-electron chi connectivity index (χ3n) is 4.31. The molecular formula is C21H15FN4O3. The highest BCUT2D eigenvalue weighted by Crippen LogP contribution is 2.31. The summed E-state index contributed by atoms with van der Waals surface area (Å²) in [7, 11) is 0. The smallest absolute Gasteiger partial charge is 0.278 e. The molecule has 0 aliphatic rings. The Morgan fingerprint density at radius 1 is 1.03 bits per heavy atom. The number of pyridine rings is 2. The lowest BCUT2D eigenvalue weighted by molar-refractivity contribution is -0.383. The van der Waals surface area contributed by atoms with Crippen LogP contribution in [0.15, 0.2) is 73.2 Å². The average Bonchev–Trinajstić information content (AvgIpc) is 2.74. The zero-order valence-electron chi connectivity index (χ0n) is 15.1. The third-order valence-corrected chi connectivity index (χ3v) is 4.31. The number of rotatable bonds is 6. The molecule has 0 unspecified atom stereocenters. The topological polar surface area (TPSA) is 90.2 Å². The van der Waals surface area contributed by atoms with Crippen molar-refractivity contribution in [1.82, 2.24) is 9.97 Å². The van der Waals surface area contributed by atoms with Crippen LogP contribution in [0.25, 0.3) is 10.8 Å². The van der Waals surface area contributed by atoms with Crippen LogP contribution in [-0.2, 0) is 6.54 Å². The highest BCUT2D eigenvalue weighted by atomic mass is 19.1. The van der Waals surface area contributed by atoms with Gasteiger partial charge in [-0.05, 0) is 48.0 Å². The number of benzene rings is 2. The Bertz CT molecular complexity index is 1180. The summed E-state index contributed by atoms with van der Waals surface area (Å²) in [5, 5.41) is 15.7. The number of nitrogens with one attached hydrogen (secondary N) is 1. The molecule has 144 valence electrons. The van der Waals surface area contributed by atoms with Gasteiger partial charge in [0.2, 0.25) is 5.88 Å². The van der Waals surface area contributed by atoms with Crippen molar-refractivity contribution < 1.29 is 14.1 Å². The van der Waals surface area contributed by atoms with Crippen molar-refractivity contribution in [1.29, 1.82) is 0 Å². The number of anilines is 1. The van der Waals surface area contributed by atoms with Crippen LogP contribution in [-0.4, -0.2) is 14.9 Å². The summed E-state index contributed by atoms with van der Waals surface area (Å²) >= 11 is 0. The number of ether oxygens (including phenoxy) is 1. The summed E-state index contributed by atoms with van der Waals surface area (Å²) in [6.45, 7) is 0.456. The molecule has 0 bridgehead atoms. The number of aromatic nitrogens is 2. The number of nitro benzene ring substituents is 1.